The maximum atomic E-state index is 13.6. The Hall–Kier alpha value is -2.65. The summed E-state index contributed by atoms with van der Waals surface area (Å²) in [5.74, 6) is -0.813. The third-order valence-electron chi connectivity index (χ3n) is 3.42. The topological polar surface area (TPSA) is 29.1 Å². The van der Waals surface area contributed by atoms with Crippen molar-refractivity contribution in [2.45, 2.75) is 0 Å². The van der Waals surface area contributed by atoms with Crippen molar-refractivity contribution in [2.24, 2.45) is 0 Å². The summed E-state index contributed by atoms with van der Waals surface area (Å²) in [5.41, 5.74) is 0.876. The summed E-state index contributed by atoms with van der Waals surface area (Å²) in [6.45, 7) is 0. The lowest BCUT2D eigenvalue weighted by atomic mass is 10.1. The molecule has 0 fully saturated rings. The van der Waals surface area contributed by atoms with E-state index in [0.29, 0.717) is 5.69 Å². The molecule has 1 N–H and O–H groups in total. The summed E-state index contributed by atoms with van der Waals surface area (Å²) in [4.78, 5) is 12.0. The number of amides is 1. The fourth-order valence-electron chi connectivity index (χ4n) is 2.28. The number of hydrogen-bond acceptors (Lipinski definition) is 1. The molecule has 0 aliphatic carbocycles. The first-order valence-electron chi connectivity index (χ1n) is 7.05. The second kappa shape index (κ2) is 6.63. The molecule has 0 saturated carbocycles. The monoisotopic (exact) mass is 325 g/mol. The van der Waals surface area contributed by atoms with Crippen molar-refractivity contribution in [3.8, 4) is 0 Å². The van der Waals surface area contributed by atoms with E-state index in [1.165, 1.54) is 24.3 Å². The third-order valence-corrected chi connectivity index (χ3v) is 3.75. The van der Waals surface area contributed by atoms with Gasteiger partial charge in [0.1, 0.15) is 5.82 Å². The van der Waals surface area contributed by atoms with Crippen LogP contribution in [-0.2, 0) is 4.79 Å². The Morgan fingerprint density at radius 2 is 1.78 bits per heavy atom. The van der Waals surface area contributed by atoms with Gasteiger partial charge in [-0.25, -0.2) is 4.39 Å². The molecule has 4 heteroatoms. The van der Waals surface area contributed by atoms with E-state index in [1.54, 1.807) is 6.07 Å². The highest BCUT2D eigenvalue weighted by atomic mass is 35.5. The predicted octanol–water partition coefficient (Wildman–Crippen LogP) is 5.28. The maximum Gasteiger partial charge on any atom is 0.248 e. The lowest BCUT2D eigenvalue weighted by Crippen LogP contribution is -2.07. The van der Waals surface area contributed by atoms with Crippen LogP contribution in [0.5, 0.6) is 0 Å². The molecule has 1 amide bonds. The van der Waals surface area contributed by atoms with Gasteiger partial charge in [0.05, 0.1) is 5.02 Å². The zero-order valence-electron chi connectivity index (χ0n) is 12.1. The standard InChI is InChI=1S/C19H13ClFNO/c20-17-6-3-7-18(21)16(17)10-11-19(23)22-15-9-8-13-4-1-2-5-14(13)12-15/h1-12H,(H,22,23)/b11-10+. The summed E-state index contributed by atoms with van der Waals surface area (Å²) in [5, 5.41) is 5.15. The van der Waals surface area contributed by atoms with Crippen molar-refractivity contribution in [3.05, 3.63) is 83.1 Å². The molecule has 0 radical (unpaired) electrons. The van der Waals surface area contributed by atoms with Gasteiger partial charge in [0.25, 0.3) is 0 Å². The molecule has 0 aromatic heterocycles. The predicted molar refractivity (Wildman–Crippen MR) is 93.0 cm³/mol. The van der Waals surface area contributed by atoms with Gasteiger partial charge < -0.3 is 5.32 Å². The van der Waals surface area contributed by atoms with Gasteiger partial charge in [-0.05, 0) is 41.1 Å². The molecule has 3 rings (SSSR count). The molecule has 0 spiro atoms. The minimum absolute atomic E-state index is 0.197. The smallest absolute Gasteiger partial charge is 0.248 e. The molecule has 114 valence electrons. The Balaban J connectivity index is 1.77. The van der Waals surface area contributed by atoms with Crippen molar-refractivity contribution in [1.82, 2.24) is 0 Å². The molecule has 2 nitrogen and oxygen atoms in total. The first-order valence-corrected chi connectivity index (χ1v) is 7.43. The molecule has 0 heterocycles. The van der Waals surface area contributed by atoms with Gasteiger partial charge in [-0.3, -0.25) is 4.79 Å². The number of carbonyl (C=O) groups is 1. The number of hydrogen-bond donors (Lipinski definition) is 1. The number of nitrogens with one attached hydrogen (secondary N) is 1. The summed E-state index contributed by atoms with van der Waals surface area (Å²) in [6.07, 6.45) is 2.63. The highest BCUT2D eigenvalue weighted by Crippen LogP contribution is 2.21. The van der Waals surface area contributed by atoms with Crippen LogP contribution in [0.2, 0.25) is 5.02 Å². The van der Waals surface area contributed by atoms with Crippen LogP contribution in [0.4, 0.5) is 10.1 Å². The molecule has 23 heavy (non-hydrogen) atoms. The Bertz CT molecular complexity index is 885. The summed E-state index contributed by atoms with van der Waals surface area (Å²) < 4.78 is 13.6. The summed E-state index contributed by atoms with van der Waals surface area (Å²) >= 11 is 5.92. The van der Waals surface area contributed by atoms with Gasteiger partial charge in [0.2, 0.25) is 5.91 Å². The van der Waals surface area contributed by atoms with Crippen LogP contribution in [0.25, 0.3) is 16.8 Å². The van der Waals surface area contributed by atoms with E-state index in [2.05, 4.69) is 5.32 Å². The average Bonchev–Trinajstić information content (AvgIpc) is 2.54. The average molecular weight is 326 g/mol. The zero-order chi connectivity index (χ0) is 16.2. The number of halogens is 2. The highest BCUT2D eigenvalue weighted by Gasteiger charge is 2.04. The van der Waals surface area contributed by atoms with Crippen LogP contribution in [0, 0.1) is 5.82 Å². The maximum absolute atomic E-state index is 13.6. The lowest BCUT2D eigenvalue weighted by molar-refractivity contribution is -0.111. The van der Waals surface area contributed by atoms with Crippen LogP contribution >= 0.6 is 11.6 Å². The summed E-state index contributed by atoms with van der Waals surface area (Å²) in [7, 11) is 0. The summed E-state index contributed by atoms with van der Waals surface area (Å²) in [6, 6.07) is 17.9. The molecule has 0 aliphatic rings. The quantitative estimate of drug-likeness (QED) is 0.652. The second-order valence-electron chi connectivity index (χ2n) is 5.02. The third kappa shape index (κ3) is 3.58. The highest BCUT2D eigenvalue weighted by molar-refractivity contribution is 6.32. The van der Waals surface area contributed by atoms with Gasteiger partial charge >= 0.3 is 0 Å². The normalized spacial score (nSPS) is 11.0. The van der Waals surface area contributed by atoms with Crippen molar-refractivity contribution < 1.29 is 9.18 Å². The Kier molecular flexibility index (Phi) is 4.40. The fraction of sp³-hybridized carbons (Fsp3) is 0. The van der Waals surface area contributed by atoms with E-state index in [-0.39, 0.29) is 16.5 Å². The van der Waals surface area contributed by atoms with Gasteiger partial charge in [0.15, 0.2) is 0 Å². The number of carbonyl (C=O) groups excluding carboxylic acids is 1. The molecule has 0 aliphatic heterocycles. The second-order valence-corrected chi connectivity index (χ2v) is 5.43. The van der Waals surface area contributed by atoms with E-state index in [1.807, 2.05) is 42.5 Å². The SMILES string of the molecule is O=C(/C=C/c1c(F)cccc1Cl)Nc1ccc2ccccc2c1. The molecule has 0 saturated heterocycles. The van der Waals surface area contributed by atoms with E-state index >= 15 is 0 Å². The van der Waals surface area contributed by atoms with E-state index < -0.39 is 5.82 Å². The molecule has 0 atom stereocenters. The van der Waals surface area contributed by atoms with Crippen molar-refractivity contribution in [3.63, 3.8) is 0 Å². The molecule has 3 aromatic carbocycles. The van der Waals surface area contributed by atoms with Crippen molar-refractivity contribution in [1.29, 1.82) is 0 Å². The van der Waals surface area contributed by atoms with Crippen LogP contribution in [-0.4, -0.2) is 5.91 Å². The minimum atomic E-state index is -0.466. The number of anilines is 1. The number of benzene rings is 3. The minimum Gasteiger partial charge on any atom is -0.322 e. The van der Waals surface area contributed by atoms with Gasteiger partial charge in [-0.2, -0.15) is 0 Å². The van der Waals surface area contributed by atoms with Crippen LogP contribution in [0.3, 0.4) is 0 Å². The first kappa shape index (κ1) is 15.3. The number of rotatable bonds is 3. The van der Waals surface area contributed by atoms with Crippen molar-refractivity contribution >= 4 is 40.0 Å². The lowest BCUT2D eigenvalue weighted by Gasteiger charge is -2.04. The van der Waals surface area contributed by atoms with Crippen LogP contribution in [0.15, 0.2) is 66.7 Å². The van der Waals surface area contributed by atoms with Crippen LogP contribution < -0.4 is 5.32 Å². The Labute approximate surface area is 138 Å². The fourth-order valence-corrected chi connectivity index (χ4v) is 2.51. The Morgan fingerprint density at radius 3 is 2.57 bits per heavy atom. The first-order chi connectivity index (χ1) is 11.1. The molecular formula is C19H13ClFNO. The van der Waals surface area contributed by atoms with E-state index in [4.69, 9.17) is 11.6 Å². The van der Waals surface area contributed by atoms with Gasteiger partial charge in [-0.1, -0.05) is 48.0 Å². The van der Waals surface area contributed by atoms with Gasteiger partial charge in [0, 0.05) is 17.3 Å². The van der Waals surface area contributed by atoms with E-state index in [0.717, 1.165) is 10.8 Å². The molecule has 0 bridgehead atoms. The van der Waals surface area contributed by atoms with Crippen LogP contribution in [0.1, 0.15) is 5.56 Å². The molecular weight excluding hydrogens is 313 g/mol. The zero-order valence-corrected chi connectivity index (χ0v) is 12.8. The van der Waals surface area contributed by atoms with Crippen molar-refractivity contribution in [2.75, 3.05) is 5.32 Å². The largest absolute Gasteiger partial charge is 0.322 e. The van der Waals surface area contributed by atoms with Gasteiger partial charge in [-0.15, -0.1) is 0 Å². The molecule has 0 unspecified atom stereocenters. The Morgan fingerprint density at radius 1 is 1.00 bits per heavy atom. The number of fused-ring (bicyclic) bond motifs is 1. The molecule has 3 aromatic rings. The van der Waals surface area contributed by atoms with E-state index in [9.17, 15) is 9.18 Å².